The Kier molecular flexibility index (Phi) is 4.38. The lowest BCUT2D eigenvalue weighted by Gasteiger charge is -2.12. The minimum absolute atomic E-state index is 0.328. The van der Waals surface area contributed by atoms with Gasteiger partial charge in [0.05, 0.1) is 5.69 Å². The Labute approximate surface area is 93.0 Å². The molecule has 4 nitrogen and oxygen atoms in total. The first-order chi connectivity index (χ1) is 6.63. The molecule has 0 aliphatic rings. The zero-order chi connectivity index (χ0) is 10.6. The lowest BCUT2D eigenvalue weighted by molar-refractivity contribution is 0.638. The number of aromatic nitrogens is 2. The van der Waals surface area contributed by atoms with E-state index in [-0.39, 0.29) is 0 Å². The van der Waals surface area contributed by atoms with E-state index in [2.05, 4.69) is 27.8 Å². The maximum Gasteiger partial charge on any atom is 0.174 e. The van der Waals surface area contributed by atoms with Gasteiger partial charge >= 0.3 is 0 Å². The van der Waals surface area contributed by atoms with Crippen molar-refractivity contribution in [1.82, 2.24) is 15.5 Å². The Morgan fingerprint density at radius 3 is 2.79 bits per heavy atom. The predicted molar refractivity (Wildman–Crippen MR) is 59.1 cm³/mol. The Bertz CT molecular complexity index is 305. The van der Waals surface area contributed by atoms with Gasteiger partial charge in [-0.1, -0.05) is 23.2 Å². The molecule has 0 saturated heterocycles. The monoisotopic (exact) mass is 234 g/mol. The van der Waals surface area contributed by atoms with Crippen LogP contribution in [0.2, 0.25) is 10.3 Å². The van der Waals surface area contributed by atoms with E-state index in [1.165, 1.54) is 0 Å². The van der Waals surface area contributed by atoms with Gasteiger partial charge in [0.1, 0.15) is 0 Å². The molecule has 0 aromatic carbocycles. The van der Waals surface area contributed by atoms with Crippen molar-refractivity contribution < 1.29 is 0 Å². The largest absolute Gasteiger partial charge is 0.381 e. The van der Waals surface area contributed by atoms with Gasteiger partial charge in [0.25, 0.3) is 0 Å². The summed E-state index contributed by atoms with van der Waals surface area (Å²) in [6.45, 7) is 2.80. The summed E-state index contributed by atoms with van der Waals surface area (Å²) in [7, 11) is 1.89. The normalized spacial score (nSPS) is 12.6. The third-order valence-corrected chi connectivity index (χ3v) is 2.27. The van der Waals surface area contributed by atoms with Gasteiger partial charge < -0.3 is 10.6 Å². The van der Waals surface area contributed by atoms with E-state index in [4.69, 9.17) is 23.2 Å². The van der Waals surface area contributed by atoms with Gasteiger partial charge in [-0.3, -0.25) is 0 Å². The minimum Gasteiger partial charge on any atom is -0.381 e. The van der Waals surface area contributed by atoms with Crippen LogP contribution in [-0.2, 0) is 0 Å². The Hall–Kier alpha value is -0.580. The average molecular weight is 235 g/mol. The Balaban J connectivity index is 2.62. The first-order valence-electron chi connectivity index (χ1n) is 4.23. The SMILES string of the molecule is CNC(C)CNc1cc(Cl)nnc1Cl. The number of hydrogen-bond donors (Lipinski definition) is 2. The fourth-order valence-corrected chi connectivity index (χ4v) is 1.15. The average Bonchev–Trinajstić information content (AvgIpc) is 2.19. The number of anilines is 1. The van der Waals surface area contributed by atoms with E-state index in [1.54, 1.807) is 6.07 Å². The van der Waals surface area contributed by atoms with Crippen LogP contribution in [0.1, 0.15) is 6.92 Å². The molecule has 1 rings (SSSR count). The summed E-state index contributed by atoms with van der Waals surface area (Å²) < 4.78 is 0. The molecule has 78 valence electrons. The summed E-state index contributed by atoms with van der Waals surface area (Å²) in [5.74, 6) is 0. The van der Waals surface area contributed by atoms with Crippen LogP contribution >= 0.6 is 23.2 Å². The van der Waals surface area contributed by atoms with Gasteiger partial charge in [0.15, 0.2) is 10.3 Å². The zero-order valence-electron chi connectivity index (χ0n) is 8.01. The second-order valence-corrected chi connectivity index (χ2v) is 3.69. The van der Waals surface area contributed by atoms with Crippen molar-refractivity contribution in [3.8, 4) is 0 Å². The van der Waals surface area contributed by atoms with E-state index in [0.29, 0.717) is 22.0 Å². The number of nitrogens with zero attached hydrogens (tertiary/aromatic N) is 2. The third kappa shape index (κ3) is 3.29. The molecule has 0 amide bonds. The van der Waals surface area contributed by atoms with Crippen molar-refractivity contribution in [3.05, 3.63) is 16.4 Å². The summed E-state index contributed by atoms with van der Waals surface area (Å²) >= 11 is 11.5. The van der Waals surface area contributed by atoms with Gasteiger partial charge in [-0.2, -0.15) is 0 Å². The fraction of sp³-hybridized carbons (Fsp3) is 0.500. The molecule has 0 fully saturated rings. The number of likely N-dealkylation sites (N-methyl/N-ethyl adjacent to an activating group) is 1. The second-order valence-electron chi connectivity index (χ2n) is 2.94. The van der Waals surface area contributed by atoms with Crippen LogP contribution in [-0.4, -0.2) is 29.8 Å². The Morgan fingerprint density at radius 2 is 2.14 bits per heavy atom. The highest BCUT2D eigenvalue weighted by Gasteiger charge is 2.04. The van der Waals surface area contributed by atoms with E-state index in [1.807, 2.05) is 7.05 Å². The molecular weight excluding hydrogens is 223 g/mol. The number of rotatable bonds is 4. The maximum absolute atomic E-state index is 5.81. The second kappa shape index (κ2) is 5.34. The molecule has 14 heavy (non-hydrogen) atoms. The predicted octanol–water partition coefficient (Wildman–Crippen LogP) is 1.80. The van der Waals surface area contributed by atoms with E-state index in [9.17, 15) is 0 Å². The number of nitrogens with one attached hydrogen (secondary N) is 2. The van der Waals surface area contributed by atoms with Crippen LogP contribution in [0, 0.1) is 0 Å². The minimum atomic E-state index is 0.328. The quantitative estimate of drug-likeness (QED) is 0.835. The summed E-state index contributed by atoms with van der Waals surface area (Å²) in [4.78, 5) is 0. The zero-order valence-corrected chi connectivity index (χ0v) is 9.52. The molecule has 0 saturated carbocycles. The highest BCUT2D eigenvalue weighted by Crippen LogP contribution is 2.20. The molecular formula is C8H12Cl2N4. The van der Waals surface area contributed by atoms with Gasteiger partial charge in [0, 0.05) is 18.7 Å². The van der Waals surface area contributed by atoms with Gasteiger partial charge in [-0.25, -0.2) is 0 Å². The molecule has 0 aliphatic carbocycles. The summed E-state index contributed by atoms with van der Waals surface area (Å²) in [5.41, 5.74) is 0.703. The smallest absolute Gasteiger partial charge is 0.174 e. The highest BCUT2D eigenvalue weighted by atomic mass is 35.5. The number of halogens is 2. The fourth-order valence-electron chi connectivity index (χ4n) is 0.842. The van der Waals surface area contributed by atoms with Crippen molar-refractivity contribution in [2.24, 2.45) is 0 Å². The molecule has 0 spiro atoms. The van der Waals surface area contributed by atoms with Crippen LogP contribution in [0.4, 0.5) is 5.69 Å². The standard InChI is InChI=1S/C8H12Cl2N4/c1-5(11-2)4-12-6-3-7(9)13-14-8(6)10/h3,5,11H,4H2,1-2H3,(H,12,13). The van der Waals surface area contributed by atoms with Crippen LogP contribution in [0.5, 0.6) is 0 Å². The topological polar surface area (TPSA) is 49.8 Å². The molecule has 0 radical (unpaired) electrons. The van der Waals surface area contributed by atoms with Crippen LogP contribution in [0.15, 0.2) is 6.07 Å². The van der Waals surface area contributed by atoms with Crippen molar-refractivity contribution in [3.63, 3.8) is 0 Å². The van der Waals surface area contributed by atoms with Crippen molar-refractivity contribution >= 4 is 28.9 Å². The lowest BCUT2D eigenvalue weighted by Crippen LogP contribution is -2.29. The van der Waals surface area contributed by atoms with E-state index < -0.39 is 0 Å². The van der Waals surface area contributed by atoms with Gasteiger partial charge in [-0.15, -0.1) is 10.2 Å². The first kappa shape index (κ1) is 11.5. The van der Waals surface area contributed by atoms with Gasteiger partial charge in [-0.05, 0) is 14.0 Å². The molecule has 1 aromatic rings. The third-order valence-electron chi connectivity index (χ3n) is 1.81. The Morgan fingerprint density at radius 1 is 1.43 bits per heavy atom. The molecule has 6 heteroatoms. The molecule has 1 aromatic heterocycles. The van der Waals surface area contributed by atoms with E-state index in [0.717, 1.165) is 6.54 Å². The summed E-state index contributed by atoms with van der Waals surface area (Å²) in [5, 5.41) is 14.2. The molecule has 1 unspecified atom stereocenters. The van der Waals surface area contributed by atoms with E-state index >= 15 is 0 Å². The first-order valence-corrected chi connectivity index (χ1v) is 4.99. The molecule has 2 N–H and O–H groups in total. The number of hydrogen-bond acceptors (Lipinski definition) is 4. The van der Waals surface area contributed by atoms with Crippen LogP contribution in [0.25, 0.3) is 0 Å². The molecule has 0 bridgehead atoms. The van der Waals surface area contributed by atoms with Gasteiger partial charge in [0.2, 0.25) is 0 Å². The lowest BCUT2D eigenvalue weighted by atomic mass is 10.3. The van der Waals surface area contributed by atoms with Crippen LogP contribution < -0.4 is 10.6 Å². The van der Waals surface area contributed by atoms with Crippen LogP contribution in [0.3, 0.4) is 0 Å². The van der Waals surface area contributed by atoms with Crippen molar-refractivity contribution in [2.45, 2.75) is 13.0 Å². The maximum atomic E-state index is 5.81. The van der Waals surface area contributed by atoms with Crippen molar-refractivity contribution in [1.29, 1.82) is 0 Å². The highest BCUT2D eigenvalue weighted by molar-refractivity contribution is 6.33. The molecule has 0 aliphatic heterocycles. The van der Waals surface area contributed by atoms with Crippen molar-refractivity contribution in [2.75, 3.05) is 18.9 Å². The molecule has 1 heterocycles. The summed E-state index contributed by atoms with van der Waals surface area (Å²) in [6, 6.07) is 2.00. The summed E-state index contributed by atoms with van der Waals surface area (Å²) in [6.07, 6.45) is 0. The molecule has 1 atom stereocenters.